The molecule has 0 bridgehead atoms. The van der Waals surface area contributed by atoms with Crippen LogP contribution in [0.4, 0.5) is 0 Å². The minimum atomic E-state index is -0.214. The summed E-state index contributed by atoms with van der Waals surface area (Å²) in [6.07, 6.45) is 7.07. The number of halogens is 1. The first-order valence-corrected chi connectivity index (χ1v) is 9.04. The van der Waals surface area contributed by atoms with Crippen LogP contribution in [0.1, 0.15) is 52.4 Å². The topological polar surface area (TPSA) is 23.8 Å². The molecule has 20 heavy (non-hydrogen) atoms. The van der Waals surface area contributed by atoms with Crippen LogP contribution in [0, 0.1) is 16.7 Å². The summed E-state index contributed by atoms with van der Waals surface area (Å²) in [5.41, 5.74) is 0.424. The van der Waals surface area contributed by atoms with E-state index < -0.39 is 0 Å². The second-order valence-corrected chi connectivity index (χ2v) is 8.27. The third-order valence-electron chi connectivity index (χ3n) is 4.23. The van der Waals surface area contributed by atoms with E-state index in [0.717, 1.165) is 17.3 Å². The Morgan fingerprint density at radius 2 is 1.80 bits per heavy atom. The molecule has 1 aromatic carbocycles. The highest BCUT2D eigenvalue weighted by atomic mass is 79.9. The lowest BCUT2D eigenvalue weighted by Crippen LogP contribution is -2.48. The van der Waals surface area contributed by atoms with Crippen molar-refractivity contribution < 1.29 is 0 Å². The first-order valence-electron chi connectivity index (χ1n) is 7.43. The third-order valence-corrected chi connectivity index (χ3v) is 6.53. The van der Waals surface area contributed by atoms with Crippen LogP contribution in [0.25, 0.3) is 0 Å². The van der Waals surface area contributed by atoms with Gasteiger partial charge in [-0.15, -0.1) is 11.8 Å². The Balaban J connectivity index is 2.11. The van der Waals surface area contributed by atoms with E-state index in [9.17, 15) is 5.26 Å². The average molecular weight is 352 g/mol. The zero-order valence-electron chi connectivity index (χ0n) is 12.3. The predicted octanol–water partition coefficient (Wildman–Crippen LogP) is 6.18. The second kappa shape index (κ2) is 6.54. The lowest BCUT2D eigenvalue weighted by molar-refractivity contribution is 0.0831. The van der Waals surface area contributed by atoms with Gasteiger partial charge in [-0.1, -0.05) is 38.8 Å². The van der Waals surface area contributed by atoms with Gasteiger partial charge in [-0.3, -0.25) is 0 Å². The average Bonchev–Trinajstić information content (AvgIpc) is 2.39. The van der Waals surface area contributed by atoms with Crippen molar-refractivity contribution in [3.63, 3.8) is 0 Å². The predicted molar refractivity (Wildman–Crippen MR) is 89.8 cm³/mol. The monoisotopic (exact) mass is 351 g/mol. The molecule has 108 valence electrons. The van der Waals surface area contributed by atoms with Crippen LogP contribution in [0.5, 0.6) is 0 Å². The molecule has 1 saturated carbocycles. The van der Waals surface area contributed by atoms with Gasteiger partial charge < -0.3 is 0 Å². The van der Waals surface area contributed by atoms with Crippen LogP contribution in [-0.2, 0) is 0 Å². The van der Waals surface area contributed by atoms with Crippen molar-refractivity contribution in [1.82, 2.24) is 0 Å². The molecule has 0 spiro atoms. The molecule has 1 aliphatic rings. The second-order valence-electron chi connectivity index (χ2n) is 5.99. The van der Waals surface area contributed by atoms with Crippen LogP contribution in [0.2, 0.25) is 0 Å². The number of benzene rings is 1. The molecule has 3 heteroatoms. The van der Waals surface area contributed by atoms with Crippen molar-refractivity contribution in [3.8, 4) is 6.07 Å². The zero-order chi connectivity index (χ0) is 14.6. The van der Waals surface area contributed by atoms with E-state index in [1.165, 1.54) is 30.6 Å². The maximum atomic E-state index is 9.67. The van der Waals surface area contributed by atoms with Crippen molar-refractivity contribution in [2.45, 2.75) is 62.0 Å². The fourth-order valence-electron chi connectivity index (χ4n) is 3.61. The number of nitriles is 1. The number of thioether (sulfide) groups is 1. The van der Waals surface area contributed by atoms with Gasteiger partial charge >= 0.3 is 0 Å². The fourth-order valence-corrected chi connectivity index (χ4v) is 5.67. The van der Waals surface area contributed by atoms with Crippen LogP contribution in [-0.4, -0.2) is 4.75 Å². The van der Waals surface area contributed by atoms with Crippen LogP contribution < -0.4 is 0 Å². The maximum Gasteiger partial charge on any atom is 0.108 e. The zero-order valence-corrected chi connectivity index (χ0v) is 14.7. The molecule has 2 rings (SSSR count). The highest BCUT2D eigenvalue weighted by molar-refractivity contribution is 9.10. The van der Waals surface area contributed by atoms with E-state index in [-0.39, 0.29) is 4.75 Å². The van der Waals surface area contributed by atoms with Crippen molar-refractivity contribution >= 4 is 27.7 Å². The van der Waals surface area contributed by atoms with Crippen LogP contribution >= 0.6 is 27.7 Å². The Labute approximate surface area is 135 Å². The number of hydrogen-bond donors (Lipinski definition) is 0. The van der Waals surface area contributed by atoms with Gasteiger partial charge in [-0.05, 0) is 59.2 Å². The molecule has 0 radical (unpaired) electrons. The lowest BCUT2D eigenvalue weighted by atomic mass is 9.58. The van der Waals surface area contributed by atoms with E-state index >= 15 is 0 Å². The summed E-state index contributed by atoms with van der Waals surface area (Å²) < 4.78 is 0.886. The minimum absolute atomic E-state index is 0.214. The number of nitrogens with zero attached hydrogens (tertiary/aromatic N) is 1. The molecule has 0 saturated heterocycles. The van der Waals surface area contributed by atoms with Gasteiger partial charge in [0, 0.05) is 9.37 Å². The molecule has 1 fully saturated rings. The highest BCUT2D eigenvalue weighted by Crippen LogP contribution is 2.61. The van der Waals surface area contributed by atoms with Gasteiger partial charge in [-0.2, -0.15) is 5.26 Å². The van der Waals surface area contributed by atoms with Gasteiger partial charge in [0.1, 0.15) is 4.75 Å². The van der Waals surface area contributed by atoms with Crippen molar-refractivity contribution in [2.24, 2.45) is 5.41 Å². The molecule has 1 nitrogen and oxygen atoms in total. The molecule has 0 atom stereocenters. The minimum Gasteiger partial charge on any atom is -0.197 e. The first-order chi connectivity index (χ1) is 9.59. The van der Waals surface area contributed by atoms with Crippen molar-refractivity contribution in [3.05, 3.63) is 28.7 Å². The molecule has 1 aliphatic carbocycles. The van der Waals surface area contributed by atoms with Crippen LogP contribution in [0.15, 0.2) is 33.6 Å². The van der Waals surface area contributed by atoms with Gasteiger partial charge in [0.05, 0.1) is 6.07 Å². The Hall–Kier alpha value is -0.460. The molecular formula is C17H22BrNS. The highest BCUT2D eigenvalue weighted by Gasteiger charge is 2.54. The largest absolute Gasteiger partial charge is 0.197 e. The smallest absolute Gasteiger partial charge is 0.108 e. The fraction of sp³-hybridized carbons (Fsp3) is 0.588. The van der Waals surface area contributed by atoms with Crippen molar-refractivity contribution in [1.29, 1.82) is 5.26 Å². The molecule has 0 aliphatic heterocycles. The summed E-state index contributed by atoms with van der Waals surface area (Å²) in [6.45, 7) is 4.51. The molecule has 0 aromatic heterocycles. The van der Waals surface area contributed by atoms with E-state index in [1.807, 2.05) is 12.1 Å². The van der Waals surface area contributed by atoms with Gasteiger partial charge in [0.15, 0.2) is 0 Å². The summed E-state index contributed by atoms with van der Waals surface area (Å²) in [6, 6.07) is 10.8. The maximum absolute atomic E-state index is 9.67. The Morgan fingerprint density at radius 3 is 2.30 bits per heavy atom. The van der Waals surface area contributed by atoms with Gasteiger partial charge in [0.2, 0.25) is 0 Å². The number of hydrogen-bond acceptors (Lipinski definition) is 2. The van der Waals surface area contributed by atoms with Crippen LogP contribution in [0.3, 0.4) is 0 Å². The standard InChI is InChI=1S/C17H22BrNS/c1-3-9-16(10-4-2)11-17(12-16,13-19)20-15-8-6-5-7-14(15)18/h5-8H,3-4,9-12H2,1-2H3. The van der Waals surface area contributed by atoms with Gasteiger partial charge in [-0.25, -0.2) is 0 Å². The molecule has 0 heterocycles. The van der Waals surface area contributed by atoms with E-state index in [4.69, 9.17) is 0 Å². The molecular weight excluding hydrogens is 330 g/mol. The Bertz CT molecular complexity index is 492. The summed E-state index contributed by atoms with van der Waals surface area (Å²) in [5.74, 6) is 0. The van der Waals surface area contributed by atoms with Crippen molar-refractivity contribution in [2.75, 3.05) is 0 Å². The van der Waals surface area contributed by atoms with E-state index in [1.54, 1.807) is 11.8 Å². The summed E-state index contributed by atoms with van der Waals surface area (Å²) >= 11 is 5.34. The summed E-state index contributed by atoms with van der Waals surface area (Å²) in [5, 5.41) is 9.67. The summed E-state index contributed by atoms with van der Waals surface area (Å²) in [7, 11) is 0. The van der Waals surface area contributed by atoms with Gasteiger partial charge in [0.25, 0.3) is 0 Å². The first kappa shape index (κ1) is 15.9. The molecule has 1 aromatic rings. The van der Waals surface area contributed by atoms with E-state index in [0.29, 0.717) is 5.41 Å². The molecule has 0 unspecified atom stereocenters. The SMILES string of the molecule is CCCC1(CCC)CC(C#N)(Sc2ccccc2Br)C1. The third kappa shape index (κ3) is 3.23. The number of rotatable bonds is 6. The summed E-state index contributed by atoms with van der Waals surface area (Å²) in [4.78, 5) is 1.19. The quantitative estimate of drug-likeness (QED) is 0.610. The lowest BCUT2D eigenvalue weighted by Gasteiger charge is -2.53. The van der Waals surface area contributed by atoms with E-state index in [2.05, 4.69) is 48.0 Å². The Morgan fingerprint density at radius 1 is 1.20 bits per heavy atom. The molecule has 0 N–H and O–H groups in total. The Kier molecular flexibility index (Phi) is 5.20. The molecule has 0 amide bonds. The normalized spacial score (nSPS) is 19.1.